The Morgan fingerprint density at radius 2 is 1.76 bits per heavy atom. The number of hydrogen-bond acceptors (Lipinski definition) is 9. The van der Waals surface area contributed by atoms with Crippen molar-refractivity contribution in [2.75, 3.05) is 31.8 Å². The van der Waals surface area contributed by atoms with Crippen LogP contribution in [-0.2, 0) is 31.9 Å². The lowest BCUT2D eigenvalue weighted by Crippen LogP contribution is -2.45. The molecule has 1 aliphatic rings. The van der Waals surface area contributed by atoms with Crippen LogP contribution in [0.25, 0.3) is 0 Å². The lowest BCUT2D eigenvalue weighted by molar-refractivity contribution is -0.137. The van der Waals surface area contributed by atoms with E-state index < -0.39 is 23.6 Å². The molecule has 252 valence electrons. The van der Waals surface area contributed by atoms with Gasteiger partial charge in [-0.2, -0.15) is 0 Å². The molecule has 45 heavy (non-hydrogen) atoms. The van der Waals surface area contributed by atoms with Gasteiger partial charge in [0.05, 0.1) is 32.7 Å². The quantitative estimate of drug-likeness (QED) is 0.146. The highest BCUT2D eigenvalue weighted by molar-refractivity contribution is 6.30. The maximum absolute atomic E-state index is 13.7. The summed E-state index contributed by atoms with van der Waals surface area (Å²) in [6.07, 6.45) is 8.71. The zero-order valence-electron chi connectivity index (χ0n) is 27.6. The smallest absolute Gasteiger partial charge is 0.303 e. The number of rotatable bonds is 12. The molecular formula is C33H50ClN3O8. The van der Waals surface area contributed by atoms with E-state index in [9.17, 15) is 14.7 Å². The van der Waals surface area contributed by atoms with Crippen LogP contribution in [0, 0.1) is 18.3 Å². The number of carbonyl (C=O) groups excluding carboxylic acids is 1. The number of ether oxygens (including phenoxy) is 2. The molecule has 0 saturated carbocycles. The monoisotopic (exact) mass is 651 g/mol. The van der Waals surface area contributed by atoms with Gasteiger partial charge >= 0.3 is 5.97 Å². The van der Waals surface area contributed by atoms with Gasteiger partial charge in [0.25, 0.3) is 5.91 Å². The van der Waals surface area contributed by atoms with E-state index in [2.05, 4.69) is 40.9 Å². The molecule has 0 radical (unpaired) electrons. The summed E-state index contributed by atoms with van der Waals surface area (Å²) in [7, 11) is 1.47. The van der Waals surface area contributed by atoms with Gasteiger partial charge in [-0.05, 0) is 24.6 Å². The number of aromatic nitrogens is 2. The minimum atomic E-state index is -0.970. The number of aliphatic hydroxyl groups excluding tert-OH is 2. The third-order valence-electron chi connectivity index (χ3n) is 5.78. The summed E-state index contributed by atoms with van der Waals surface area (Å²) in [5.74, 6) is -0.518. The Kier molecular flexibility index (Phi) is 22.8. The van der Waals surface area contributed by atoms with Gasteiger partial charge in [-0.3, -0.25) is 9.59 Å². The number of aliphatic hydroxyl groups is 2. The first-order chi connectivity index (χ1) is 21.4. The largest absolute Gasteiger partial charge is 0.499 e. The third kappa shape index (κ3) is 15.2. The number of hydrogen-bond donors (Lipinski definition) is 3. The number of anilines is 1. The van der Waals surface area contributed by atoms with Crippen molar-refractivity contribution in [3.05, 3.63) is 65.6 Å². The number of amides is 1. The number of carboxylic acids is 1. The fraction of sp³-hybridized carbons (Fsp3) is 0.515. The number of terminal acetylenes is 1. The highest BCUT2D eigenvalue weighted by atomic mass is 35.5. The predicted octanol–water partition coefficient (Wildman–Crippen LogP) is 5.79. The molecule has 3 N–H and O–H groups in total. The van der Waals surface area contributed by atoms with Gasteiger partial charge in [0.1, 0.15) is 11.9 Å². The number of carbonyl (C=O) groups is 2. The number of fused-ring (bicyclic) bond motifs is 1. The summed E-state index contributed by atoms with van der Waals surface area (Å²) in [5.41, 5.74) is 0.844. The molecule has 0 fully saturated rings. The molecule has 1 aliphatic heterocycles. The Morgan fingerprint density at radius 1 is 1.16 bits per heavy atom. The molecule has 12 heteroatoms. The average molecular weight is 652 g/mol. The Morgan fingerprint density at radius 3 is 2.24 bits per heavy atom. The van der Waals surface area contributed by atoms with Gasteiger partial charge < -0.3 is 34.1 Å². The molecule has 2 heterocycles. The molecule has 0 saturated heterocycles. The molecule has 1 amide bonds. The van der Waals surface area contributed by atoms with Crippen LogP contribution in [0.1, 0.15) is 77.8 Å². The zero-order valence-corrected chi connectivity index (χ0v) is 28.3. The van der Waals surface area contributed by atoms with Crippen molar-refractivity contribution >= 4 is 29.2 Å². The number of nitrogens with zero attached hydrogens (tertiary/aromatic N) is 3. The second kappa shape index (κ2) is 23.7. The van der Waals surface area contributed by atoms with E-state index in [1.807, 2.05) is 41.5 Å². The normalized spacial score (nSPS) is 15.0. The number of carboxylic acid groups (broad SMARTS) is 1. The first-order valence-corrected chi connectivity index (χ1v) is 15.0. The van der Waals surface area contributed by atoms with Crippen LogP contribution >= 0.6 is 11.6 Å². The number of benzene rings is 1. The number of methoxy groups -OCH3 is 1. The highest BCUT2D eigenvalue weighted by Crippen LogP contribution is 2.39. The first kappa shape index (κ1) is 43.4. The molecule has 0 unspecified atom stereocenters. The van der Waals surface area contributed by atoms with Crippen molar-refractivity contribution in [3.63, 3.8) is 0 Å². The molecule has 0 bridgehead atoms. The Balaban J connectivity index is 0. The van der Waals surface area contributed by atoms with Crippen LogP contribution < -0.4 is 4.90 Å². The second-order valence-corrected chi connectivity index (χ2v) is 10.1. The molecule has 0 spiro atoms. The topological polar surface area (TPSA) is 155 Å². The lowest BCUT2D eigenvalue weighted by atomic mass is 9.93. The maximum atomic E-state index is 13.7. The van der Waals surface area contributed by atoms with Crippen molar-refractivity contribution in [1.82, 2.24) is 10.2 Å². The van der Waals surface area contributed by atoms with Crippen LogP contribution in [0.4, 0.5) is 5.69 Å². The summed E-state index contributed by atoms with van der Waals surface area (Å²) in [5, 5.41) is 35.1. The molecule has 1 aromatic heterocycles. The van der Waals surface area contributed by atoms with Crippen LogP contribution in [0.2, 0.25) is 5.02 Å². The van der Waals surface area contributed by atoms with E-state index in [1.54, 1.807) is 29.2 Å². The van der Waals surface area contributed by atoms with Crippen molar-refractivity contribution < 1.29 is 38.8 Å². The molecule has 2 aromatic rings. The van der Waals surface area contributed by atoms with Gasteiger partial charge in [-0.15, -0.1) is 29.6 Å². The van der Waals surface area contributed by atoms with Gasteiger partial charge in [-0.25, -0.2) is 0 Å². The summed E-state index contributed by atoms with van der Waals surface area (Å²) in [4.78, 5) is 26.1. The fourth-order valence-electron chi connectivity index (χ4n) is 3.67. The Hall–Kier alpha value is -3.69. The van der Waals surface area contributed by atoms with Crippen molar-refractivity contribution in [3.8, 4) is 12.8 Å². The minimum absolute atomic E-state index is 0.0182. The molecule has 0 aliphatic carbocycles. The second-order valence-electron chi connectivity index (χ2n) is 9.68. The maximum Gasteiger partial charge on any atom is 0.303 e. The Bertz CT molecular complexity index is 1190. The summed E-state index contributed by atoms with van der Waals surface area (Å²) < 4.78 is 16.2. The predicted molar refractivity (Wildman–Crippen MR) is 177 cm³/mol. The minimum Gasteiger partial charge on any atom is -0.499 e. The van der Waals surface area contributed by atoms with E-state index >= 15 is 0 Å². The number of aliphatic carboxylic acids is 1. The third-order valence-corrected chi connectivity index (χ3v) is 6.01. The molecule has 2 atom stereocenters. The van der Waals surface area contributed by atoms with E-state index in [4.69, 9.17) is 31.0 Å². The van der Waals surface area contributed by atoms with Crippen molar-refractivity contribution in [2.24, 2.45) is 5.41 Å². The van der Waals surface area contributed by atoms with Crippen LogP contribution in [0.5, 0.6) is 0 Å². The summed E-state index contributed by atoms with van der Waals surface area (Å²) in [6, 6.07) is 5.27. The van der Waals surface area contributed by atoms with Crippen LogP contribution in [0.3, 0.4) is 0 Å². The van der Waals surface area contributed by atoms with Gasteiger partial charge in [-0.1, -0.05) is 65.8 Å². The first-order valence-electron chi connectivity index (χ1n) is 14.6. The molecule has 1 aromatic carbocycles. The lowest BCUT2D eigenvalue weighted by Gasteiger charge is -2.32. The standard InChI is InChI=1S/C23H28ClN3O6.C4H8O2.2C2H6.C2H2/c1-4-5-17-15-10-14(24)6-7-16(15)27(12-23(2,3)13-28)22(31)18(32-17)11-20-26-25-19(33-20)8-9-21(29)30;1-4(3-5)6-2;3*1-2/h4,6-7,10,17-18,28H,1,5,8-9,11-13H2,2-3H3,(H,29,30);5H,1,3H2,2H3;2*1-2H3;1-2H/t17-,18-;;;;/m1..../s1. The Labute approximate surface area is 272 Å². The average Bonchev–Trinajstić information content (AvgIpc) is 3.48. The molecule has 11 nitrogen and oxygen atoms in total. The summed E-state index contributed by atoms with van der Waals surface area (Å²) >= 11 is 6.26. The van der Waals surface area contributed by atoms with E-state index in [0.29, 0.717) is 22.9 Å². The highest BCUT2D eigenvalue weighted by Gasteiger charge is 2.38. The molecular weight excluding hydrogens is 602 g/mol. The van der Waals surface area contributed by atoms with Crippen LogP contribution in [0.15, 0.2) is 47.6 Å². The van der Waals surface area contributed by atoms with Crippen molar-refractivity contribution in [1.29, 1.82) is 0 Å². The van der Waals surface area contributed by atoms with Crippen molar-refractivity contribution in [2.45, 2.75) is 79.4 Å². The van der Waals surface area contributed by atoms with Gasteiger partial charge in [0.2, 0.25) is 11.8 Å². The van der Waals surface area contributed by atoms with E-state index in [-0.39, 0.29) is 56.7 Å². The van der Waals surface area contributed by atoms with Gasteiger partial charge in [0.15, 0.2) is 0 Å². The van der Waals surface area contributed by atoms with Gasteiger partial charge in [0, 0.05) is 41.3 Å². The number of aryl methyl sites for hydroxylation is 1. The van der Waals surface area contributed by atoms with Crippen LogP contribution in [-0.4, -0.2) is 70.4 Å². The number of halogens is 1. The summed E-state index contributed by atoms with van der Waals surface area (Å²) in [6.45, 7) is 18.9. The SMILES string of the molecule is C#C.C=C(CO)OC.C=CC[C@H]1O[C@H](Cc2nnc(CCC(=O)O)o2)C(=O)N(CC(C)(C)CO)c2ccc(Cl)cc21.CC.CC. The molecule has 3 rings (SSSR count). The zero-order chi connectivity index (χ0) is 35.2. The van der Waals surface area contributed by atoms with E-state index in [0.717, 1.165) is 5.56 Å². The van der Waals surface area contributed by atoms with E-state index in [1.165, 1.54) is 7.11 Å². The fourth-order valence-corrected chi connectivity index (χ4v) is 3.85.